The third-order valence-corrected chi connectivity index (χ3v) is 2.13. The van der Waals surface area contributed by atoms with Gasteiger partial charge in [0.15, 0.2) is 0 Å². The zero-order valence-electron chi connectivity index (χ0n) is 10.9. The molecule has 0 unspecified atom stereocenters. The Morgan fingerprint density at radius 2 is 2.00 bits per heavy atom. The lowest BCUT2D eigenvalue weighted by molar-refractivity contribution is -0.385. The molecule has 0 atom stereocenters. The van der Waals surface area contributed by atoms with Crippen LogP contribution in [0.3, 0.4) is 0 Å². The lowest BCUT2D eigenvalue weighted by Gasteiger charge is -2.20. The molecule has 1 aromatic rings. The molecule has 0 bridgehead atoms. The summed E-state index contributed by atoms with van der Waals surface area (Å²) in [4.78, 5) is 21.5. The number of ether oxygens (including phenoxy) is 1. The quantitative estimate of drug-likeness (QED) is 0.365. The van der Waals surface area contributed by atoms with E-state index in [4.69, 9.17) is 4.74 Å². The molecule has 5 nitrogen and oxygen atoms in total. The van der Waals surface area contributed by atoms with Crippen molar-refractivity contribution in [3.63, 3.8) is 0 Å². The second-order valence-corrected chi connectivity index (χ2v) is 4.90. The van der Waals surface area contributed by atoms with Gasteiger partial charge in [0.1, 0.15) is 11.4 Å². The number of carbonyl (C=O) groups excluding carboxylic acids is 1. The minimum absolute atomic E-state index is 0.111. The summed E-state index contributed by atoms with van der Waals surface area (Å²) in [5, 5.41) is 10.5. The van der Waals surface area contributed by atoms with E-state index in [9.17, 15) is 19.3 Å². The number of hydrogen-bond acceptors (Lipinski definition) is 4. The van der Waals surface area contributed by atoms with Gasteiger partial charge in [-0.15, -0.1) is 0 Å². The van der Waals surface area contributed by atoms with E-state index in [0.717, 1.165) is 18.2 Å². The molecule has 0 aliphatic heterocycles. The molecule has 0 aromatic heterocycles. The van der Waals surface area contributed by atoms with E-state index >= 15 is 0 Å². The van der Waals surface area contributed by atoms with Crippen molar-refractivity contribution < 1.29 is 18.8 Å². The molecule has 0 N–H and O–H groups in total. The first-order valence-corrected chi connectivity index (χ1v) is 5.48. The molecule has 0 saturated heterocycles. The summed E-state index contributed by atoms with van der Waals surface area (Å²) >= 11 is 0. The maximum atomic E-state index is 13.7. The zero-order valence-corrected chi connectivity index (χ0v) is 10.9. The first-order chi connectivity index (χ1) is 8.61. The van der Waals surface area contributed by atoms with Gasteiger partial charge >= 0.3 is 5.97 Å². The Morgan fingerprint density at radius 3 is 2.42 bits per heavy atom. The first kappa shape index (κ1) is 14.8. The average molecular weight is 267 g/mol. The number of hydrogen-bond donors (Lipinski definition) is 0. The van der Waals surface area contributed by atoms with Gasteiger partial charge < -0.3 is 4.74 Å². The van der Waals surface area contributed by atoms with Crippen LogP contribution in [0, 0.1) is 15.9 Å². The van der Waals surface area contributed by atoms with Crippen LogP contribution in [0.4, 0.5) is 10.1 Å². The Hall–Kier alpha value is -2.24. The van der Waals surface area contributed by atoms with E-state index < -0.39 is 28.0 Å². The fourth-order valence-electron chi connectivity index (χ4n) is 1.31. The second-order valence-electron chi connectivity index (χ2n) is 4.90. The van der Waals surface area contributed by atoms with Crippen LogP contribution in [0.25, 0.3) is 5.57 Å². The number of esters is 1. The lowest BCUT2D eigenvalue weighted by atomic mass is 10.1. The van der Waals surface area contributed by atoms with Crippen molar-refractivity contribution in [2.75, 3.05) is 0 Å². The molecule has 19 heavy (non-hydrogen) atoms. The number of benzene rings is 1. The number of nitro benzene ring substituents is 1. The third kappa shape index (κ3) is 3.87. The number of non-ortho nitro benzene ring substituents is 1. The van der Waals surface area contributed by atoms with Crippen molar-refractivity contribution in [2.45, 2.75) is 26.4 Å². The molecular formula is C13H14FNO4. The predicted octanol–water partition coefficient (Wildman–Crippen LogP) is 3.09. The molecule has 0 radical (unpaired) electrons. The molecule has 0 heterocycles. The van der Waals surface area contributed by atoms with Crippen LogP contribution in [-0.4, -0.2) is 16.5 Å². The van der Waals surface area contributed by atoms with Gasteiger partial charge in [-0.1, -0.05) is 6.58 Å². The van der Waals surface area contributed by atoms with Crippen LogP contribution in [0.15, 0.2) is 24.8 Å². The van der Waals surface area contributed by atoms with Crippen molar-refractivity contribution in [3.8, 4) is 0 Å². The van der Waals surface area contributed by atoms with E-state index in [-0.39, 0.29) is 11.1 Å². The number of carbonyl (C=O) groups is 1. The van der Waals surface area contributed by atoms with Gasteiger partial charge in [0.25, 0.3) is 5.69 Å². The summed E-state index contributed by atoms with van der Waals surface area (Å²) in [6, 6.07) is 2.98. The highest BCUT2D eigenvalue weighted by Crippen LogP contribution is 2.24. The van der Waals surface area contributed by atoms with E-state index in [0.29, 0.717) is 0 Å². The lowest BCUT2D eigenvalue weighted by Crippen LogP contribution is -2.24. The molecule has 0 saturated carbocycles. The molecule has 1 rings (SSSR count). The molecule has 0 aliphatic carbocycles. The van der Waals surface area contributed by atoms with Crippen molar-refractivity contribution in [3.05, 3.63) is 46.3 Å². The summed E-state index contributed by atoms with van der Waals surface area (Å²) in [5.74, 6) is -1.65. The van der Waals surface area contributed by atoms with Crippen LogP contribution in [0.1, 0.15) is 26.3 Å². The smallest absolute Gasteiger partial charge is 0.338 e. The maximum absolute atomic E-state index is 13.7. The molecule has 6 heteroatoms. The zero-order chi connectivity index (χ0) is 14.8. The number of rotatable bonds is 3. The van der Waals surface area contributed by atoms with E-state index in [1.807, 2.05) is 0 Å². The largest absolute Gasteiger partial charge is 0.456 e. The van der Waals surface area contributed by atoms with Gasteiger partial charge in [0.05, 0.1) is 16.6 Å². The van der Waals surface area contributed by atoms with Crippen LogP contribution in [0.5, 0.6) is 0 Å². The SMILES string of the molecule is C=C(C(=O)OC(C)(C)C)c1ccc([N+](=O)[O-])cc1F. The molecule has 1 aromatic carbocycles. The van der Waals surface area contributed by atoms with Crippen molar-refractivity contribution >= 4 is 17.2 Å². The highest BCUT2D eigenvalue weighted by molar-refractivity contribution is 6.15. The monoisotopic (exact) mass is 267 g/mol. The standard InChI is InChI=1S/C13H14FNO4/c1-8(12(16)19-13(2,3)4)10-6-5-9(15(17)18)7-11(10)14/h5-7H,1H2,2-4H3. The molecule has 0 fully saturated rings. The van der Waals surface area contributed by atoms with Gasteiger partial charge in [-0.05, 0) is 26.8 Å². The van der Waals surface area contributed by atoms with Gasteiger partial charge in [-0.3, -0.25) is 10.1 Å². The van der Waals surface area contributed by atoms with E-state index in [1.165, 1.54) is 0 Å². The highest BCUT2D eigenvalue weighted by Gasteiger charge is 2.22. The average Bonchev–Trinajstić information content (AvgIpc) is 2.25. The maximum Gasteiger partial charge on any atom is 0.338 e. The van der Waals surface area contributed by atoms with Gasteiger partial charge in [-0.2, -0.15) is 0 Å². The van der Waals surface area contributed by atoms with E-state index in [1.54, 1.807) is 20.8 Å². The summed E-state index contributed by atoms with van der Waals surface area (Å²) in [6.45, 7) is 8.47. The van der Waals surface area contributed by atoms with Crippen LogP contribution in [0.2, 0.25) is 0 Å². The molecule has 102 valence electrons. The van der Waals surface area contributed by atoms with Gasteiger partial charge in [-0.25, -0.2) is 9.18 Å². The van der Waals surface area contributed by atoms with Crippen LogP contribution >= 0.6 is 0 Å². The normalized spacial score (nSPS) is 10.9. The molecular weight excluding hydrogens is 253 g/mol. The molecule has 0 aliphatic rings. The van der Waals surface area contributed by atoms with Gasteiger partial charge in [0.2, 0.25) is 0 Å². The summed E-state index contributed by atoms with van der Waals surface area (Å²) < 4.78 is 18.7. The summed E-state index contributed by atoms with van der Waals surface area (Å²) in [7, 11) is 0. The molecule has 0 spiro atoms. The Labute approximate surface area is 109 Å². The first-order valence-electron chi connectivity index (χ1n) is 5.48. The Bertz CT molecular complexity index is 546. The summed E-state index contributed by atoms with van der Waals surface area (Å²) in [6.07, 6.45) is 0. The number of nitro groups is 1. The van der Waals surface area contributed by atoms with Crippen molar-refractivity contribution in [1.82, 2.24) is 0 Å². The van der Waals surface area contributed by atoms with Crippen molar-refractivity contribution in [1.29, 1.82) is 0 Å². The third-order valence-electron chi connectivity index (χ3n) is 2.13. The van der Waals surface area contributed by atoms with Crippen molar-refractivity contribution in [2.24, 2.45) is 0 Å². The second kappa shape index (κ2) is 5.17. The number of halogens is 1. The minimum Gasteiger partial charge on any atom is -0.456 e. The summed E-state index contributed by atoms with van der Waals surface area (Å²) in [5.41, 5.74) is -1.41. The molecule has 0 amide bonds. The Morgan fingerprint density at radius 1 is 1.42 bits per heavy atom. The minimum atomic E-state index is -0.884. The fourth-order valence-corrected chi connectivity index (χ4v) is 1.31. The van der Waals surface area contributed by atoms with Gasteiger partial charge in [0, 0.05) is 11.6 Å². The Balaban J connectivity index is 3.01. The highest BCUT2D eigenvalue weighted by atomic mass is 19.1. The topological polar surface area (TPSA) is 69.4 Å². The predicted molar refractivity (Wildman–Crippen MR) is 67.9 cm³/mol. The van der Waals surface area contributed by atoms with E-state index in [2.05, 4.69) is 6.58 Å². The fraction of sp³-hybridized carbons (Fsp3) is 0.308. The Kier molecular flexibility index (Phi) is 4.04. The number of nitrogens with zero attached hydrogens (tertiary/aromatic N) is 1. The van der Waals surface area contributed by atoms with Crippen LogP contribution < -0.4 is 0 Å². The van der Waals surface area contributed by atoms with Crippen LogP contribution in [-0.2, 0) is 9.53 Å².